The van der Waals surface area contributed by atoms with Crippen molar-refractivity contribution in [2.75, 3.05) is 5.32 Å². The molecule has 0 unspecified atom stereocenters. The van der Waals surface area contributed by atoms with Gasteiger partial charge < -0.3 is 5.32 Å². The van der Waals surface area contributed by atoms with E-state index >= 15 is 0 Å². The summed E-state index contributed by atoms with van der Waals surface area (Å²) in [5.41, 5.74) is 2.00. The van der Waals surface area contributed by atoms with Gasteiger partial charge in [-0.1, -0.05) is 11.6 Å². The Bertz CT molecular complexity index is 1020. The lowest BCUT2D eigenvalue weighted by atomic mass is 10.1. The topological polar surface area (TPSA) is 75.6 Å². The number of nitrogens with one attached hydrogen (secondary N) is 2. The third-order valence-corrected chi connectivity index (χ3v) is 4.45. The van der Waals surface area contributed by atoms with Gasteiger partial charge in [0.15, 0.2) is 0 Å². The predicted molar refractivity (Wildman–Crippen MR) is 94.7 cm³/mol. The fraction of sp³-hybridized carbons (Fsp3) is 0.235. The molecule has 0 bridgehead atoms. The Morgan fingerprint density at radius 1 is 1.26 bits per heavy atom. The summed E-state index contributed by atoms with van der Waals surface area (Å²) in [6.45, 7) is 3.69. The van der Waals surface area contributed by atoms with Crippen molar-refractivity contribution in [1.82, 2.24) is 20.0 Å². The molecular weight excluding hydrogens is 383 g/mol. The Labute approximate surface area is 157 Å². The van der Waals surface area contributed by atoms with E-state index in [4.69, 9.17) is 11.6 Å². The maximum absolute atomic E-state index is 12.9. The molecule has 0 radical (unpaired) electrons. The number of aromatic nitrogens is 4. The molecular formula is C17H15ClF3N5O. The number of alkyl halides is 3. The van der Waals surface area contributed by atoms with Crippen LogP contribution in [0.1, 0.15) is 27.4 Å². The first-order valence-electron chi connectivity index (χ1n) is 7.82. The molecule has 0 saturated heterocycles. The standard InChI is InChI=1S/C17H15ClF3N5O/c1-8-15(9(2)26(3)25-8)13-7-14(24-23-13)16(27)22-10-4-5-12(18)11(6-10)17(19,20)21/h4-7H,1-3H3,(H,22,27)(H,23,24). The fourth-order valence-corrected chi connectivity index (χ4v) is 2.95. The summed E-state index contributed by atoms with van der Waals surface area (Å²) in [4.78, 5) is 12.4. The molecule has 3 aromatic rings. The van der Waals surface area contributed by atoms with E-state index in [9.17, 15) is 18.0 Å². The van der Waals surface area contributed by atoms with Crippen LogP contribution in [0, 0.1) is 13.8 Å². The SMILES string of the molecule is Cc1nn(C)c(C)c1-c1cc(C(=O)Nc2ccc(Cl)c(C(F)(F)F)c2)[nH]n1. The van der Waals surface area contributed by atoms with Gasteiger partial charge in [0, 0.05) is 24.0 Å². The zero-order valence-corrected chi connectivity index (χ0v) is 15.3. The maximum Gasteiger partial charge on any atom is 0.417 e. The van der Waals surface area contributed by atoms with Crippen LogP contribution < -0.4 is 5.32 Å². The minimum absolute atomic E-state index is 0.0263. The molecule has 0 saturated carbocycles. The van der Waals surface area contributed by atoms with Crippen LogP contribution in [0.4, 0.5) is 18.9 Å². The molecule has 1 amide bonds. The average molecular weight is 398 g/mol. The first-order chi connectivity index (χ1) is 12.6. The summed E-state index contributed by atoms with van der Waals surface area (Å²) in [7, 11) is 1.80. The van der Waals surface area contributed by atoms with Gasteiger partial charge in [-0.05, 0) is 38.1 Å². The van der Waals surface area contributed by atoms with Crippen molar-refractivity contribution in [2.45, 2.75) is 20.0 Å². The Morgan fingerprint density at radius 3 is 2.56 bits per heavy atom. The summed E-state index contributed by atoms with van der Waals surface area (Å²) in [6.07, 6.45) is -4.62. The van der Waals surface area contributed by atoms with Gasteiger partial charge in [0.25, 0.3) is 5.91 Å². The van der Waals surface area contributed by atoms with Gasteiger partial charge in [-0.3, -0.25) is 14.6 Å². The smallest absolute Gasteiger partial charge is 0.321 e. The summed E-state index contributed by atoms with van der Waals surface area (Å²) >= 11 is 5.58. The number of aromatic amines is 1. The van der Waals surface area contributed by atoms with Crippen molar-refractivity contribution in [3.63, 3.8) is 0 Å². The number of rotatable bonds is 3. The van der Waals surface area contributed by atoms with E-state index in [0.717, 1.165) is 29.1 Å². The molecule has 10 heteroatoms. The van der Waals surface area contributed by atoms with Gasteiger partial charge in [0.05, 0.1) is 22.0 Å². The van der Waals surface area contributed by atoms with Crippen LogP contribution in [0.3, 0.4) is 0 Å². The zero-order valence-electron chi connectivity index (χ0n) is 14.6. The highest BCUT2D eigenvalue weighted by molar-refractivity contribution is 6.31. The lowest BCUT2D eigenvalue weighted by Crippen LogP contribution is -2.14. The molecule has 2 heterocycles. The summed E-state index contributed by atoms with van der Waals surface area (Å²) in [5, 5.41) is 13.0. The highest BCUT2D eigenvalue weighted by Gasteiger charge is 2.33. The molecule has 142 valence electrons. The number of anilines is 1. The number of halogens is 4. The van der Waals surface area contributed by atoms with Crippen LogP contribution in [0.25, 0.3) is 11.3 Å². The van der Waals surface area contributed by atoms with Crippen LogP contribution >= 0.6 is 11.6 Å². The van der Waals surface area contributed by atoms with Gasteiger partial charge >= 0.3 is 6.18 Å². The number of hydrogen-bond acceptors (Lipinski definition) is 3. The number of amides is 1. The van der Waals surface area contributed by atoms with Gasteiger partial charge in [0.2, 0.25) is 0 Å². The monoisotopic (exact) mass is 397 g/mol. The minimum Gasteiger partial charge on any atom is -0.321 e. The number of nitrogens with zero attached hydrogens (tertiary/aromatic N) is 3. The van der Waals surface area contributed by atoms with E-state index in [1.807, 2.05) is 13.8 Å². The molecule has 2 aromatic heterocycles. The second-order valence-electron chi connectivity index (χ2n) is 5.98. The van der Waals surface area contributed by atoms with Crippen molar-refractivity contribution >= 4 is 23.2 Å². The summed E-state index contributed by atoms with van der Waals surface area (Å²) in [6, 6.07) is 4.68. The number of carbonyl (C=O) groups is 1. The number of aryl methyl sites for hydroxylation is 2. The Balaban J connectivity index is 1.85. The molecule has 0 aliphatic heterocycles. The molecule has 6 nitrogen and oxygen atoms in total. The van der Waals surface area contributed by atoms with E-state index in [0.29, 0.717) is 5.69 Å². The molecule has 2 N–H and O–H groups in total. The Morgan fingerprint density at radius 2 is 1.96 bits per heavy atom. The minimum atomic E-state index is -4.62. The fourth-order valence-electron chi connectivity index (χ4n) is 2.73. The van der Waals surface area contributed by atoms with Crippen LogP contribution in [0.2, 0.25) is 5.02 Å². The molecule has 0 aliphatic rings. The third-order valence-electron chi connectivity index (χ3n) is 4.12. The van der Waals surface area contributed by atoms with Gasteiger partial charge in [-0.2, -0.15) is 23.4 Å². The number of carbonyl (C=O) groups excluding carboxylic acids is 1. The molecule has 1 aromatic carbocycles. The van der Waals surface area contributed by atoms with E-state index in [-0.39, 0.29) is 11.4 Å². The second kappa shape index (κ2) is 6.73. The van der Waals surface area contributed by atoms with Crippen LogP contribution in [-0.4, -0.2) is 25.9 Å². The summed E-state index contributed by atoms with van der Waals surface area (Å²) in [5.74, 6) is -0.622. The molecule has 0 spiro atoms. The maximum atomic E-state index is 12.9. The van der Waals surface area contributed by atoms with Crippen LogP contribution in [0.15, 0.2) is 24.3 Å². The van der Waals surface area contributed by atoms with E-state index < -0.39 is 22.7 Å². The molecule has 0 aliphatic carbocycles. The van der Waals surface area contributed by atoms with Gasteiger partial charge in [-0.25, -0.2) is 0 Å². The van der Waals surface area contributed by atoms with E-state index in [2.05, 4.69) is 20.6 Å². The van der Waals surface area contributed by atoms with Crippen LogP contribution in [-0.2, 0) is 13.2 Å². The van der Waals surface area contributed by atoms with E-state index in [1.54, 1.807) is 11.7 Å². The molecule has 0 fully saturated rings. The zero-order chi connectivity index (χ0) is 19.9. The predicted octanol–water partition coefficient (Wildman–Crippen LogP) is 4.35. The lowest BCUT2D eigenvalue weighted by molar-refractivity contribution is -0.137. The van der Waals surface area contributed by atoms with E-state index in [1.165, 1.54) is 12.1 Å². The third kappa shape index (κ3) is 3.68. The van der Waals surface area contributed by atoms with Crippen molar-refractivity contribution in [2.24, 2.45) is 7.05 Å². The number of H-pyrrole nitrogens is 1. The van der Waals surface area contributed by atoms with Crippen molar-refractivity contribution < 1.29 is 18.0 Å². The molecule has 3 rings (SSSR count). The summed E-state index contributed by atoms with van der Waals surface area (Å²) < 4.78 is 40.5. The van der Waals surface area contributed by atoms with Crippen molar-refractivity contribution in [3.05, 3.63) is 51.9 Å². The highest BCUT2D eigenvalue weighted by atomic mass is 35.5. The molecule has 0 atom stereocenters. The largest absolute Gasteiger partial charge is 0.417 e. The normalized spacial score (nSPS) is 11.7. The van der Waals surface area contributed by atoms with Crippen LogP contribution in [0.5, 0.6) is 0 Å². The quantitative estimate of drug-likeness (QED) is 0.689. The average Bonchev–Trinajstić information content (AvgIpc) is 3.13. The first kappa shape index (κ1) is 19.0. The molecule has 27 heavy (non-hydrogen) atoms. The number of hydrogen-bond donors (Lipinski definition) is 2. The lowest BCUT2D eigenvalue weighted by Gasteiger charge is -2.11. The second-order valence-corrected chi connectivity index (χ2v) is 6.39. The van der Waals surface area contributed by atoms with Gasteiger partial charge in [-0.15, -0.1) is 0 Å². The first-order valence-corrected chi connectivity index (χ1v) is 8.20. The number of benzene rings is 1. The van der Waals surface area contributed by atoms with Gasteiger partial charge in [0.1, 0.15) is 5.69 Å². The Hall–Kier alpha value is -2.81. The highest BCUT2D eigenvalue weighted by Crippen LogP contribution is 2.36. The van der Waals surface area contributed by atoms with Crippen molar-refractivity contribution in [3.8, 4) is 11.3 Å². The van der Waals surface area contributed by atoms with Crippen molar-refractivity contribution in [1.29, 1.82) is 0 Å². The Kier molecular flexibility index (Phi) is 4.73.